The highest BCUT2D eigenvalue weighted by Crippen LogP contribution is 2.19. The van der Waals surface area contributed by atoms with Gasteiger partial charge in [0.2, 0.25) is 5.91 Å². The van der Waals surface area contributed by atoms with Gasteiger partial charge in [0.1, 0.15) is 12.1 Å². The molecule has 9 nitrogen and oxygen atoms in total. The van der Waals surface area contributed by atoms with Crippen LogP contribution in [-0.4, -0.2) is 59.9 Å². The molecule has 140 valence electrons. The Morgan fingerprint density at radius 2 is 1.88 bits per heavy atom. The Labute approximate surface area is 141 Å². The highest BCUT2D eigenvalue weighted by molar-refractivity contribution is 5.88. The second-order valence-electron chi connectivity index (χ2n) is 6.27. The van der Waals surface area contributed by atoms with E-state index in [1.165, 1.54) is 13.8 Å². The second kappa shape index (κ2) is 11.1. The van der Waals surface area contributed by atoms with Crippen molar-refractivity contribution >= 4 is 17.8 Å². The van der Waals surface area contributed by atoms with E-state index in [0.717, 1.165) is 6.42 Å². The number of nitrogens with two attached hydrogens (primary N) is 2. The lowest BCUT2D eigenvalue weighted by atomic mass is 9.87. The summed E-state index contributed by atoms with van der Waals surface area (Å²) in [6, 6.07) is -0.887. The standard InChI is InChI=1S/C15H29N3O6/c1-15(2,9-19)12(21)13(22)18-8-6-11(20)24-14(23)10(17)5-3-4-7-16/h10,12,19,21H,3-9,16-17H2,1-2H3,(H,18,22)/t10-,12-/m0/s1. The summed E-state index contributed by atoms with van der Waals surface area (Å²) in [7, 11) is 0. The molecular formula is C15H29N3O6. The fourth-order valence-electron chi connectivity index (χ4n) is 1.69. The zero-order chi connectivity index (χ0) is 18.8. The lowest BCUT2D eigenvalue weighted by Crippen LogP contribution is -2.46. The molecule has 0 unspecified atom stereocenters. The van der Waals surface area contributed by atoms with Crippen LogP contribution in [0.2, 0.25) is 0 Å². The molecule has 0 heterocycles. The van der Waals surface area contributed by atoms with E-state index in [-0.39, 0.29) is 19.6 Å². The second-order valence-corrected chi connectivity index (χ2v) is 6.27. The van der Waals surface area contributed by atoms with Crippen LogP contribution in [0.1, 0.15) is 39.5 Å². The number of hydrogen-bond donors (Lipinski definition) is 5. The maximum absolute atomic E-state index is 11.7. The van der Waals surface area contributed by atoms with E-state index in [4.69, 9.17) is 16.6 Å². The Bertz CT molecular complexity index is 427. The molecule has 0 aromatic heterocycles. The fraction of sp³-hybridized carbons (Fsp3) is 0.800. The van der Waals surface area contributed by atoms with Gasteiger partial charge in [-0.25, -0.2) is 4.79 Å². The third-order valence-corrected chi connectivity index (χ3v) is 3.51. The lowest BCUT2D eigenvalue weighted by molar-refractivity contribution is -0.160. The molecule has 2 atom stereocenters. The van der Waals surface area contributed by atoms with Crippen LogP contribution in [0.5, 0.6) is 0 Å². The molecule has 0 aliphatic carbocycles. The van der Waals surface area contributed by atoms with E-state index in [0.29, 0.717) is 19.4 Å². The van der Waals surface area contributed by atoms with Crippen molar-refractivity contribution in [3.63, 3.8) is 0 Å². The number of esters is 2. The Hall–Kier alpha value is -1.55. The summed E-state index contributed by atoms with van der Waals surface area (Å²) in [5, 5.41) is 21.2. The molecule has 0 saturated carbocycles. The summed E-state index contributed by atoms with van der Waals surface area (Å²) in [5.41, 5.74) is 9.92. The van der Waals surface area contributed by atoms with Gasteiger partial charge in [-0.2, -0.15) is 0 Å². The van der Waals surface area contributed by atoms with E-state index in [2.05, 4.69) is 10.1 Å². The monoisotopic (exact) mass is 347 g/mol. The van der Waals surface area contributed by atoms with Gasteiger partial charge in [0, 0.05) is 12.0 Å². The first kappa shape index (κ1) is 22.4. The quantitative estimate of drug-likeness (QED) is 0.169. The summed E-state index contributed by atoms with van der Waals surface area (Å²) in [6.45, 7) is 3.07. The number of nitrogens with one attached hydrogen (secondary N) is 1. The maximum atomic E-state index is 11.7. The molecule has 9 heteroatoms. The number of amides is 1. The Kier molecular flexibility index (Phi) is 10.4. The zero-order valence-electron chi connectivity index (χ0n) is 14.3. The minimum Gasteiger partial charge on any atom is -0.396 e. The number of carbonyl (C=O) groups is 3. The molecule has 0 aromatic carbocycles. The molecule has 0 saturated heterocycles. The van der Waals surface area contributed by atoms with Crippen LogP contribution in [0.25, 0.3) is 0 Å². The molecule has 0 aliphatic rings. The molecule has 1 amide bonds. The van der Waals surface area contributed by atoms with Gasteiger partial charge >= 0.3 is 11.9 Å². The number of unbranched alkanes of at least 4 members (excludes halogenated alkanes) is 1. The van der Waals surface area contributed by atoms with Crippen molar-refractivity contribution in [2.24, 2.45) is 16.9 Å². The Morgan fingerprint density at radius 3 is 2.42 bits per heavy atom. The van der Waals surface area contributed by atoms with Gasteiger partial charge in [-0.05, 0) is 19.4 Å². The third-order valence-electron chi connectivity index (χ3n) is 3.51. The van der Waals surface area contributed by atoms with Crippen LogP contribution in [0, 0.1) is 5.41 Å². The van der Waals surface area contributed by atoms with Crippen molar-refractivity contribution in [2.45, 2.75) is 51.7 Å². The highest BCUT2D eigenvalue weighted by Gasteiger charge is 2.32. The van der Waals surface area contributed by atoms with Crippen molar-refractivity contribution in [2.75, 3.05) is 19.7 Å². The number of carbonyl (C=O) groups excluding carboxylic acids is 3. The van der Waals surface area contributed by atoms with Crippen LogP contribution in [-0.2, 0) is 19.1 Å². The molecule has 7 N–H and O–H groups in total. The van der Waals surface area contributed by atoms with Gasteiger partial charge in [-0.3, -0.25) is 9.59 Å². The van der Waals surface area contributed by atoms with Crippen LogP contribution in [0.4, 0.5) is 0 Å². The first-order valence-electron chi connectivity index (χ1n) is 7.92. The molecule has 0 aromatic rings. The molecule has 0 fully saturated rings. The summed E-state index contributed by atoms with van der Waals surface area (Å²) in [4.78, 5) is 34.8. The molecule has 0 rings (SSSR count). The van der Waals surface area contributed by atoms with Crippen LogP contribution in [0.15, 0.2) is 0 Å². The third kappa shape index (κ3) is 8.34. The average Bonchev–Trinajstić information content (AvgIpc) is 2.53. The topological polar surface area (TPSA) is 165 Å². The van der Waals surface area contributed by atoms with Crippen molar-refractivity contribution < 1.29 is 29.3 Å². The maximum Gasteiger partial charge on any atom is 0.330 e. The lowest BCUT2D eigenvalue weighted by Gasteiger charge is -2.27. The van der Waals surface area contributed by atoms with Crippen LogP contribution < -0.4 is 16.8 Å². The van der Waals surface area contributed by atoms with E-state index in [1.807, 2.05) is 0 Å². The number of rotatable bonds is 11. The average molecular weight is 347 g/mol. The van der Waals surface area contributed by atoms with Gasteiger partial charge in [0.25, 0.3) is 0 Å². The van der Waals surface area contributed by atoms with Crippen molar-refractivity contribution in [3.8, 4) is 0 Å². The number of aliphatic hydroxyl groups is 2. The van der Waals surface area contributed by atoms with Gasteiger partial charge < -0.3 is 31.7 Å². The van der Waals surface area contributed by atoms with Gasteiger partial charge in [-0.1, -0.05) is 20.3 Å². The van der Waals surface area contributed by atoms with Gasteiger partial charge in [-0.15, -0.1) is 0 Å². The summed E-state index contributed by atoms with van der Waals surface area (Å²) in [6.07, 6.45) is 0.112. The summed E-state index contributed by atoms with van der Waals surface area (Å²) in [5.74, 6) is -2.35. The zero-order valence-corrected chi connectivity index (χ0v) is 14.3. The smallest absolute Gasteiger partial charge is 0.330 e. The molecule has 24 heavy (non-hydrogen) atoms. The molecule has 0 bridgehead atoms. The normalized spacial score (nSPS) is 13.9. The largest absolute Gasteiger partial charge is 0.396 e. The number of hydrogen-bond acceptors (Lipinski definition) is 8. The van der Waals surface area contributed by atoms with Crippen molar-refractivity contribution in [1.29, 1.82) is 0 Å². The van der Waals surface area contributed by atoms with Crippen molar-refractivity contribution in [1.82, 2.24) is 5.32 Å². The minimum atomic E-state index is -1.42. The minimum absolute atomic E-state index is 0.105. The number of aliphatic hydroxyl groups excluding tert-OH is 2. The predicted octanol–water partition coefficient (Wildman–Crippen LogP) is -1.60. The fourth-order valence-corrected chi connectivity index (χ4v) is 1.69. The van der Waals surface area contributed by atoms with Crippen LogP contribution >= 0.6 is 0 Å². The van der Waals surface area contributed by atoms with Crippen molar-refractivity contribution in [3.05, 3.63) is 0 Å². The van der Waals surface area contributed by atoms with Gasteiger partial charge in [0.15, 0.2) is 0 Å². The SMILES string of the molecule is CC(C)(CO)[C@@H](O)C(=O)NCCC(=O)OC(=O)[C@@H](N)CCCCN. The van der Waals surface area contributed by atoms with Crippen LogP contribution in [0.3, 0.4) is 0 Å². The first-order valence-corrected chi connectivity index (χ1v) is 7.92. The summed E-state index contributed by atoms with van der Waals surface area (Å²) >= 11 is 0. The van der Waals surface area contributed by atoms with E-state index < -0.39 is 35.4 Å². The number of ether oxygens (including phenoxy) is 1. The molecule has 0 radical (unpaired) electrons. The Morgan fingerprint density at radius 1 is 1.25 bits per heavy atom. The van der Waals surface area contributed by atoms with E-state index >= 15 is 0 Å². The van der Waals surface area contributed by atoms with Gasteiger partial charge in [0.05, 0.1) is 13.0 Å². The molecular weight excluding hydrogens is 318 g/mol. The molecule has 0 spiro atoms. The summed E-state index contributed by atoms with van der Waals surface area (Å²) < 4.78 is 4.59. The molecule has 0 aliphatic heterocycles. The van der Waals surface area contributed by atoms with E-state index in [1.54, 1.807) is 0 Å². The Balaban J connectivity index is 4.09. The predicted molar refractivity (Wildman–Crippen MR) is 86.5 cm³/mol. The van der Waals surface area contributed by atoms with E-state index in [9.17, 15) is 19.5 Å². The highest BCUT2D eigenvalue weighted by atomic mass is 16.6. The first-order chi connectivity index (χ1) is 11.2.